The smallest absolute Gasteiger partial charge is 0.106 e. The molecule has 4 nitrogen and oxygen atoms in total. The van der Waals surface area contributed by atoms with Gasteiger partial charge in [-0.2, -0.15) is 5.26 Å². The normalized spacial score (nSPS) is 11.9. The third-order valence-electron chi connectivity index (χ3n) is 3.08. The van der Waals surface area contributed by atoms with Crippen LogP contribution in [0.1, 0.15) is 35.6 Å². The molecule has 0 aliphatic carbocycles. The Morgan fingerprint density at radius 1 is 1.32 bits per heavy atom. The number of aryl methyl sites for hydroxylation is 2. The van der Waals surface area contributed by atoms with Crippen LogP contribution in [-0.2, 0) is 0 Å². The lowest BCUT2D eigenvalue weighted by Gasteiger charge is -2.16. The van der Waals surface area contributed by atoms with Crippen LogP contribution in [0.25, 0.3) is 0 Å². The fraction of sp³-hybridized carbons (Fsp3) is 0.267. The topological polar surface area (TPSA) is 75.0 Å². The second kappa shape index (κ2) is 5.07. The van der Waals surface area contributed by atoms with Crippen molar-refractivity contribution in [2.75, 3.05) is 11.1 Å². The number of nitrogens with zero attached hydrogens (tertiary/aromatic N) is 1. The number of hydrogen-bond acceptors (Lipinski definition) is 4. The summed E-state index contributed by atoms with van der Waals surface area (Å²) in [5.74, 6) is 1.78. The van der Waals surface area contributed by atoms with Gasteiger partial charge in [-0.3, -0.25) is 0 Å². The molecule has 0 spiro atoms. The van der Waals surface area contributed by atoms with Gasteiger partial charge in [0.05, 0.1) is 17.3 Å². The minimum Gasteiger partial charge on any atom is -0.466 e. The van der Waals surface area contributed by atoms with Crippen LogP contribution >= 0.6 is 0 Å². The van der Waals surface area contributed by atoms with Crippen molar-refractivity contribution in [1.29, 1.82) is 5.26 Å². The molecular weight excluding hydrogens is 238 g/mol. The average Bonchev–Trinajstić information content (AvgIpc) is 2.70. The predicted molar refractivity (Wildman–Crippen MR) is 75.8 cm³/mol. The van der Waals surface area contributed by atoms with Gasteiger partial charge in [0.1, 0.15) is 17.6 Å². The number of nitriles is 1. The Morgan fingerprint density at radius 3 is 2.63 bits per heavy atom. The molecule has 0 amide bonds. The van der Waals surface area contributed by atoms with E-state index in [1.54, 1.807) is 12.1 Å². The SMILES string of the molecule is Cc1cc(C(C)Nc2ccc(N)cc2C#N)c(C)o1. The van der Waals surface area contributed by atoms with Gasteiger partial charge in [-0.25, -0.2) is 0 Å². The van der Waals surface area contributed by atoms with Crippen LogP contribution in [0, 0.1) is 25.2 Å². The summed E-state index contributed by atoms with van der Waals surface area (Å²) >= 11 is 0. The number of nitrogens with one attached hydrogen (secondary N) is 1. The molecule has 1 heterocycles. The highest BCUT2D eigenvalue weighted by Gasteiger charge is 2.14. The van der Waals surface area contributed by atoms with Gasteiger partial charge >= 0.3 is 0 Å². The van der Waals surface area contributed by atoms with Crippen molar-refractivity contribution in [2.24, 2.45) is 0 Å². The fourth-order valence-electron chi connectivity index (χ4n) is 2.17. The first kappa shape index (κ1) is 13.0. The van der Waals surface area contributed by atoms with Crippen LogP contribution in [0.4, 0.5) is 11.4 Å². The molecule has 0 radical (unpaired) electrons. The maximum absolute atomic E-state index is 9.12. The summed E-state index contributed by atoms with van der Waals surface area (Å²) in [5, 5.41) is 12.4. The molecular formula is C15H17N3O. The van der Waals surface area contributed by atoms with E-state index in [9.17, 15) is 0 Å². The molecule has 0 aliphatic rings. The monoisotopic (exact) mass is 255 g/mol. The highest BCUT2D eigenvalue weighted by Crippen LogP contribution is 2.27. The molecule has 4 heteroatoms. The van der Waals surface area contributed by atoms with Crippen LogP contribution in [0.15, 0.2) is 28.7 Å². The lowest BCUT2D eigenvalue weighted by Crippen LogP contribution is -2.08. The van der Waals surface area contributed by atoms with Crippen LogP contribution in [-0.4, -0.2) is 0 Å². The minimum absolute atomic E-state index is 0.0631. The maximum Gasteiger partial charge on any atom is 0.106 e. The largest absolute Gasteiger partial charge is 0.466 e. The Kier molecular flexibility index (Phi) is 3.48. The van der Waals surface area contributed by atoms with E-state index < -0.39 is 0 Å². The number of nitrogen functional groups attached to an aromatic ring is 1. The molecule has 98 valence electrons. The van der Waals surface area contributed by atoms with Crippen LogP contribution < -0.4 is 11.1 Å². The quantitative estimate of drug-likeness (QED) is 0.823. The summed E-state index contributed by atoms with van der Waals surface area (Å²) in [5.41, 5.74) is 8.69. The Balaban J connectivity index is 2.27. The second-order valence-corrected chi connectivity index (χ2v) is 4.65. The summed E-state index contributed by atoms with van der Waals surface area (Å²) in [6, 6.07) is 9.50. The summed E-state index contributed by atoms with van der Waals surface area (Å²) < 4.78 is 5.52. The van der Waals surface area contributed by atoms with Gasteiger partial charge in [0.2, 0.25) is 0 Å². The van der Waals surface area contributed by atoms with Gasteiger partial charge in [-0.05, 0) is 45.0 Å². The lowest BCUT2D eigenvalue weighted by atomic mass is 10.1. The summed E-state index contributed by atoms with van der Waals surface area (Å²) in [6.45, 7) is 5.90. The molecule has 1 atom stereocenters. The molecule has 0 fully saturated rings. The summed E-state index contributed by atoms with van der Waals surface area (Å²) in [6.07, 6.45) is 0. The Bertz CT molecular complexity index is 637. The lowest BCUT2D eigenvalue weighted by molar-refractivity contribution is 0.500. The molecule has 1 unspecified atom stereocenters. The molecule has 3 N–H and O–H groups in total. The number of benzene rings is 1. The standard InChI is InChI=1S/C15H17N3O/c1-9-6-14(11(3)19-9)10(2)18-15-5-4-13(17)7-12(15)8-16/h4-7,10,18H,17H2,1-3H3. The molecule has 19 heavy (non-hydrogen) atoms. The molecule has 0 bridgehead atoms. The molecule has 1 aromatic heterocycles. The van der Waals surface area contributed by atoms with E-state index in [2.05, 4.69) is 11.4 Å². The number of nitrogens with two attached hydrogens (primary N) is 1. The third-order valence-corrected chi connectivity index (χ3v) is 3.08. The molecule has 0 saturated carbocycles. The fourth-order valence-corrected chi connectivity index (χ4v) is 2.17. The molecule has 0 saturated heterocycles. The number of furan rings is 1. The van der Waals surface area contributed by atoms with Crippen molar-refractivity contribution < 1.29 is 4.42 Å². The van der Waals surface area contributed by atoms with Crippen molar-refractivity contribution in [1.82, 2.24) is 0 Å². The predicted octanol–water partition coefficient (Wildman–Crippen LogP) is 3.52. The van der Waals surface area contributed by atoms with Crippen molar-refractivity contribution in [2.45, 2.75) is 26.8 Å². The van der Waals surface area contributed by atoms with Crippen molar-refractivity contribution >= 4 is 11.4 Å². The Labute approximate surface area is 112 Å². The summed E-state index contributed by atoms with van der Waals surface area (Å²) in [4.78, 5) is 0. The zero-order valence-corrected chi connectivity index (χ0v) is 11.3. The van der Waals surface area contributed by atoms with Gasteiger partial charge < -0.3 is 15.5 Å². The highest BCUT2D eigenvalue weighted by atomic mass is 16.3. The second-order valence-electron chi connectivity index (χ2n) is 4.65. The van der Waals surface area contributed by atoms with Crippen LogP contribution in [0.3, 0.4) is 0 Å². The number of anilines is 2. The number of rotatable bonds is 3. The van der Waals surface area contributed by atoms with Gasteiger partial charge in [-0.1, -0.05) is 0 Å². The zero-order valence-electron chi connectivity index (χ0n) is 11.3. The van der Waals surface area contributed by atoms with Gasteiger partial charge in [0, 0.05) is 11.3 Å². The van der Waals surface area contributed by atoms with E-state index >= 15 is 0 Å². The zero-order chi connectivity index (χ0) is 14.0. The van der Waals surface area contributed by atoms with Gasteiger partial charge in [0.15, 0.2) is 0 Å². The van der Waals surface area contributed by atoms with E-state index in [0.717, 1.165) is 22.8 Å². The first-order valence-electron chi connectivity index (χ1n) is 6.14. The van der Waals surface area contributed by atoms with E-state index in [1.807, 2.05) is 32.9 Å². The van der Waals surface area contributed by atoms with Crippen molar-refractivity contribution in [3.63, 3.8) is 0 Å². The molecule has 1 aromatic carbocycles. The van der Waals surface area contributed by atoms with Crippen molar-refractivity contribution in [3.05, 3.63) is 46.9 Å². The van der Waals surface area contributed by atoms with Crippen molar-refractivity contribution in [3.8, 4) is 6.07 Å². The Hall–Kier alpha value is -2.41. The highest BCUT2D eigenvalue weighted by molar-refractivity contribution is 5.63. The summed E-state index contributed by atoms with van der Waals surface area (Å²) in [7, 11) is 0. The van der Waals surface area contributed by atoms with Gasteiger partial charge in [0.25, 0.3) is 0 Å². The van der Waals surface area contributed by atoms with Crippen LogP contribution in [0.5, 0.6) is 0 Å². The van der Waals surface area contributed by atoms with E-state index in [4.69, 9.17) is 15.4 Å². The third kappa shape index (κ3) is 2.71. The van der Waals surface area contributed by atoms with Crippen LogP contribution in [0.2, 0.25) is 0 Å². The number of hydrogen-bond donors (Lipinski definition) is 2. The molecule has 2 rings (SSSR count). The van der Waals surface area contributed by atoms with Gasteiger partial charge in [-0.15, -0.1) is 0 Å². The molecule has 2 aromatic rings. The van der Waals surface area contributed by atoms with E-state index in [-0.39, 0.29) is 6.04 Å². The Morgan fingerprint density at radius 2 is 2.05 bits per heavy atom. The molecule has 0 aliphatic heterocycles. The van der Waals surface area contributed by atoms with E-state index in [0.29, 0.717) is 11.3 Å². The maximum atomic E-state index is 9.12. The first-order valence-corrected chi connectivity index (χ1v) is 6.14. The average molecular weight is 255 g/mol. The first-order chi connectivity index (χ1) is 9.01. The minimum atomic E-state index is 0.0631. The van der Waals surface area contributed by atoms with E-state index in [1.165, 1.54) is 0 Å².